The second kappa shape index (κ2) is 15.9. The maximum absolute atomic E-state index is 11.6. The van der Waals surface area contributed by atoms with Gasteiger partial charge in [0.15, 0.2) is 8.32 Å². The average molecular weight is 685 g/mol. The van der Waals surface area contributed by atoms with Crippen molar-refractivity contribution in [1.29, 1.82) is 0 Å². The molecular formula is C35H72O5Si4. The predicted octanol–water partition coefficient (Wildman–Crippen LogP) is 9.71. The van der Waals surface area contributed by atoms with E-state index < -0.39 is 49.6 Å². The molecule has 0 aliphatic heterocycles. The van der Waals surface area contributed by atoms with E-state index in [0.717, 1.165) is 64.2 Å². The first kappa shape index (κ1) is 41.9. The third kappa shape index (κ3) is 8.29. The van der Waals surface area contributed by atoms with Crippen molar-refractivity contribution in [2.75, 3.05) is 0 Å². The quantitative estimate of drug-likeness (QED) is 0.126. The molecular weight excluding hydrogens is 613 g/mol. The Morgan fingerprint density at radius 1 is 0.614 bits per heavy atom. The zero-order valence-corrected chi connectivity index (χ0v) is 35.6. The molecule has 0 bridgehead atoms. The maximum Gasteiger partial charge on any atom is 0.329 e. The van der Waals surface area contributed by atoms with Crippen molar-refractivity contribution in [2.24, 2.45) is 0 Å². The summed E-state index contributed by atoms with van der Waals surface area (Å²) in [5.41, 5.74) is -0.511. The zero-order chi connectivity index (χ0) is 34.3. The van der Waals surface area contributed by atoms with Crippen molar-refractivity contribution in [1.82, 2.24) is 0 Å². The number of hydrogen-bond donors (Lipinski definition) is 2. The Morgan fingerprint density at radius 3 is 1.48 bits per heavy atom. The van der Waals surface area contributed by atoms with Gasteiger partial charge < -0.3 is 22.9 Å². The Bertz CT molecular complexity index is 985. The number of hydrogen-bond acceptors (Lipinski definition) is 5. The van der Waals surface area contributed by atoms with Crippen LogP contribution in [0.15, 0.2) is 30.3 Å². The molecule has 0 heterocycles. The molecule has 1 rings (SSSR count). The van der Waals surface area contributed by atoms with Gasteiger partial charge in [0.2, 0.25) is 8.32 Å². The number of benzene rings is 1. The van der Waals surface area contributed by atoms with Crippen LogP contribution >= 0.6 is 0 Å². The van der Waals surface area contributed by atoms with Crippen molar-refractivity contribution in [3.05, 3.63) is 30.3 Å². The largest absolute Gasteiger partial charge is 0.429 e. The van der Waals surface area contributed by atoms with Crippen LogP contribution < -0.4 is 5.19 Å². The van der Waals surface area contributed by atoms with Gasteiger partial charge in [-0.1, -0.05) is 98.1 Å². The summed E-state index contributed by atoms with van der Waals surface area (Å²) in [6.45, 7) is 33.2. The third-order valence-electron chi connectivity index (χ3n) is 11.4. The molecule has 0 spiro atoms. The summed E-state index contributed by atoms with van der Waals surface area (Å²) in [5.74, 6) is 0. The molecule has 0 amide bonds. The zero-order valence-electron chi connectivity index (χ0n) is 31.6. The second-order valence-electron chi connectivity index (χ2n) is 15.1. The first-order valence-electron chi connectivity index (χ1n) is 17.8. The minimum Gasteiger partial charge on any atom is -0.429 e. The summed E-state index contributed by atoms with van der Waals surface area (Å²) in [6, 6.07) is 10.8. The summed E-state index contributed by atoms with van der Waals surface area (Å²) in [4.78, 5) is 23.0. The van der Waals surface area contributed by atoms with Gasteiger partial charge in [0.25, 0.3) is 8.32 Å². The van der Waals surface area contributed by atoms with E-state index >= 15 is 0 Å². The Kier molecular flexibility index (Phi) is 15.1. The smallest absolute Gasteiger partial charge is 0.329 e. The standard InChI is InChI=1S/C35H72O5Si4/c1-16-23-30-35(22-7,40-43(13,14)37)44(15,31-27-25-24-26-28-31)38-32(8,29-17-2)33(18-3,19-4)42(11,12)39-34(20-5,21-6)41(9,10)36/h24-28,36-37H,16-23,29-30H2,1-15H3. The molecule has 0 aliphatic rings. The van der Waals surface area contributed by atoms with Gasteiger partial charge in [0.05, 0.1) is 16.0 Å². The molecule has 3 unspecified atom stereocenters. The second-order valence-corrected chi connectivity index (χ2v) is 30.2. The number of rotatable bonds is 21. The van der Waals surface area contributed by atoms with Crippen molar-refractivity contribution in [3.63, 3.8) is 0 Å². The van der Waals surface area contributed by atoms with Crippen LogP contribution in [-0.4, -0.2) is 59.2 Å². The van der Waals surface area contributed by atoms with Crippen LogP contribution in [0.3, 0.4) is 0 Å². The van der Waals surface area contributed by atoms with E-state index in [1.165, 1.54) is 5.19 Å². The molecule has 44 heavy (non-hydrogen) atoms. The number of unbranched alkanes of at least 4 members (excludes halogenated alkanes) is 1. The summed E-state index contributed by atoms with van der Waals surface area (Å²) in [7, 11) is -11.2. The van der Waals surface area contributed by atoms with Crippen LogP contribution in [-0.2, 0) is 13.3 Å². The van der Waals surface area contributed by atoms with E-state index in [1.807, 2.05) is 26.2 Å². The topological polar surface area (TPSA) is 68.2 Å². The van der Waals surface area contributed by atoms with Gasteiger partial charge in [-0.2, -0.15) is 0 Å². The summed E-state index contributed by atoms with van der Waals surface area (Å²) >= 11 is 0. The van der Waals surface area contributed by atoms with E-state index in [9.17, 15) is 9.59 Å². The normalized spacial score (nSPS) is 18.0. The van der Waals surface area contributed by atoms with Crippen molar-refractivity contribution < 1.29 is 22.9 Å². The van der Waals surface area contributed by atoms with Crippen LogP contribution in [0.2, 0.25) is 50.9 Å². The molecule has 5 nitrogen and oxygen atoms in total. The predicted molar refractivity (Wildman–Crippen MR) is 200 cm³/mol. The van der Waals surface area contributed by atoms with Crippen LogP contribution in [0.25, 0.3) is 0 Å². The first-order chi connectivity index (χ1) is 20.2. The van der Waals surface area contributed by atoms with E-state index in [4.69, 9.17) is 13.3 Å². The molecule has 9 heteroatoms. The molecule has 0 radical (unpaired) electrons. The van der Waals surface area contributed by atoms with Gasteiger partial charge in [0.1, 0.15) is 0 Å². The highest BCUT2D eigenvalue weighted by Crippen LogP contribution is 2.60. The van der Waals surface area contributed by atoms with Gasteiger partial charge in [-0.3, -0.25) is 0 Å². The molecule has 1 aromatic rings. The van der Waals surface area contributed by atoms with Gasteiger partial charge in [-0.25, -0.2) is 0 Å². The lowest BCUT2D eigenvalue weighted by Gasteiger charge is -2.62. The van der Waals surface area contributed by atoms with Crippen molar-refractivity contribution in [3.8, 4) is 0 Å². The highest BCUT2D eigenvalue weighted by molar-refractivity contribution is 6.89. The van der Waals surface area contributed by atoms with Crippen molar-refractivity contribution >= 4 is 38.7 Å². The van der Waals surface area contributed by atoms with Crippen LogP contribution in [0, 0.1) is 0 Å². The fourth-order valence-corrected chi connectivity index (χ4v) is 24.0. The van der Waals surface area contributed by atoms with E-state index in [2.05, 4.69) is 105 Å². The molecule has 1 aromatic carbocycles. The Balaban J connectivity index is 4.19. The lowest BCUT2D eigenvalue weighted by Crippen LogP contribution is -2.74. The molecule has 2 N–H and O–H groups in total. The van der Waals surface area contributed by atoms with Crippen LogP contribution in [0.5, 0.6) is 0 Å². The summed E-state index contributed by atoms with van der Waals surface area (Å²) in [6.07, 6.45) is 9.10. The van der Waals surface area contributed by atoms with Gasteiger partial charge >= 0.3 is 8.56 Å². The molecule has 0 aliphatic carbocycles. The maximum atomic E-state index is 11.6. The van der Waals surface area contributed by atoms with E-state index in [-0.39, 0.29) is 5.04 Å². The van der Waals surface area contributed by atoms with Gasteiger partial charge in [-0.05, 0) is 103 Å². The molecule has 0 saturated heterocycles. The molecule has 3 atom stereocenters. The van der Waals surface area contributed by atoms with Gasteiger partial charge in [-0.15, -0.1) is 0 Å². The summed E-state index contributed by atoms with van der Waals surface area (Å²) < 4.78 is 22.6. The summed E-state index contributed by atoms with van der Waals surface area (Å²) in [5, 5.41) is -0.0964. The molecule has 258 valence electrons. The fraction of sp³-hybridized carbons (Fsp3) is 0.829. The van der Waals surface area contributed by atoms with Crippen LogP contribution in [0.4, 0.5) is 0 Å². The Hall–Kier alpha value is -0.112. The van der Waals surface area contributed by atoms with Gasteiger partial charge in [0, 0.05) is 5.04 Å². The minimum atomic E-state index is -2.98. The lowest BCUT2D eigenvalue weighted by atomic mass is 9.80. The molecule has 0 saturated carbocycles. The minimum absolute atomic E-state index is 0.231. The monoisotopic (exact) mass is 684 g/mol. The van der Waals surface area contributed by atoms with E-state index in [0.29, 0.717) is 0 Å². The average Bonchev–Trinajstić information content (AvgIpc) is 2.93. The molecule has 0 aromatic heterocycles. The van der Waals surface area contributed by atoms with E-state index in [1.54, 1.807) is 0 Å². The van der Waals surface area contributed by atoms with Crippen LogP contribution in [0.1, 0.15) is 120 Å². The molecule has 0 fully saturated rings. The van der Waals surface area contributed by atoms with Crippen molar-refractivity contribution in [2.45, 2.75) is 187 Å². The first-order valence-corrected chi connectivity index (χ1v) is 28.9. The Morgan fingerprint density at radius 2 is 1.11 bits per heavy atom. The fourth-order valence-electron chi connectivity index (χ4n) is 8.86. The third-order valence-corrected chi connectivity index (χ3v) is 24.9. The highest BCUT2D eigenvalue weighted by Gasteiger charge is 2.65. The lowest BCUT2D eigenvalue weighted by molar-refractivity contribution is -0.0297. The highest BCUT2D eigenvalue weighted by atomic mass is 28.4. The Labute approximate surface area is 277 Å². The SMILES string of the molecule is CCCCC(CC)(O[Si](C)(C)O)[Si](C)(OC(C)(CCC)C(CC)(CC)[Si](C)(C)OC(CC)(CC)[Si](C)(C)O)c1ccccc1.